The molecule has 0 aromatic carbocycles. The molecule has 5 heteroatoms. The quantitative estimate of drug-likeness (QED) is 0.902. The van der Waals surface area contributed by atoms with Crippen LogP contribution in [-0.4, -0.2) is 37.0 Å². The lowest BCUT2D eigenvalue weighted by atomic mass is 10.2. The van der Waals surface area contributed by atoms with Crippen molar-refractivity contribution in [2.45, 2.75) is 18.9 Å². The summed E-state index contributed by atoms with van der Waals surface area (Å²) in [6.07, 6.45) is 2.25. The van der Waals surface area contributed by atoms with Gasteiger partial charge in [0.15, 0.2) is 0 Å². The smallest absolute Gasteiger partial charge is 0.264 e. The number of rotatable bonds is 3. The Morgan fingerprint density at radius 1 is 1.69 bits per heavy atom. The van der Waals surface area contributed by atoms with E-state index in [1.54, 1.807) is 0 Å². The number of halogens is 1. The van der Waals surface area contributed by atoms with E-state index in [9.17, 15) is 4.79 Å². The highest BCUT2D eigenvalue weighted by Gasteiger charge is 2.28. The molecule has 1 aromatic rings. The number of hydrogen-bond donors (Lipinski definition) is 1. The van der Waals surface area contributed by atoms with Crippen LogP contribution in [0.15, 0.2) is 17.5 Å². The highest BCUT2D eigenvalue weighted by Crippen LogP contribution is 2.21. The van der Waals surface area contributed by atoms with E-state index in [0.717, 1.165) is 30.8 Å². The summed E-state index contributed by atoms with van der Waals surface area (Å²) in [6.45, 7) is 1.81. The second-order valence-corrected chi connectivity index (χ2v) is 4.78. The van der Waals surface area contributed by atoms with E-state index >= 15 is 0 Å². The van der Waals surface area contributed by atoms with E-state index in [0.29, 0.717) is 6.04 Å². The Morgan fingerprint density at radius 3 is 3.12 bits per heavy atom. The number of nitrogens with zero attached hydrogens (tertiary/aromatic N) is 1. The molecule has 1 aliphatic heterocycles. The standard InChI is InChI=1S/C11H16N2OS.ClH/c1-12-8-9-4-2-6-13(9)11(14)10-5-3-7-15-10;/h3,5,7,9,12H,2,4,6,8H2,1H3;1H. The van der Waals surface area contributed by atoms with Crippen LogP contribution in [0, 0.1) is 0 Å². The van der Waals surface area contributed by atoms with Crippen molar-refractivity contribution in [3.63, 3.8) is 0 Å². The third-order valence-electron chi connectivity index (χ3n) is 2.81. The van der Waals surface area contributed by atoms with Crippen LogP contribution in [-0.2, 0) is 0 Å². The molecule has 0 aliphatic carbocycles. The van der Waals surface area contributed by atoms with Crippen molar-refractivity contribution in [3.8, 4) is 0 Å². The highest BCUT2D eigenvalue weighted by molar-refractivity contribution is 7.12. The zero-order valence-electron chi connectivity index (χ0n) is 9.31. The van der Waals surface area contributed by atoms with Crippen LogP contribution in [0.2, 0.25) is 0 Å². The van der Waals surface area contributed by atoms with Gasteiger partial charge in [-0.2, -0.15) is 0 Å². The average molecular weight is 261 g/mol. The Bertz CT molecular complexity index is 329. The Balaban J connectivity index is 0.00000128. The van der Waals surface area contributed by atoms with E-state index in [1.165, 1.54) is 11.3 Å². The predicted octanol–water partition coefficient (Wildman–Crippen LogP) is 1.99. The van der Waals surface area contributed by atoms with Crippen LogP contribution >= 0.6 is 23.7 Å². The minimum atomic E-state index is 0. The number of likely N-dealkylation sites (N-methyl/N-ethyl adjacent to an activating group) is 1. The molecule has 1 aliphatic rings. The molecule has 2 heterocycles. The van der Waals surface area contributed by atoms with Crippen molar-refractivity contribution in [3.05, 3.63) is 22.4 Å². The normalized spacial score (nSPS) is 19.6. The van der Waals surface area contributed by atoms with Gasteiger partial charge in [0.25, 0.3) is 5.91 Å². The lowest BCUT2D eigenvalue weighted by Crippen LogP contribution is -2.40. The summed E-state index contributed by atoms with van der Waals surface area (Å²) in [5, 5.41) is 5.10. The van der Waals surface area contributed by atoms with Crippen molar-refractivity contribution in [1.29, 1.82) is 0 Å². The van der Waals surface area contributed by atoms with E-state index in [1.807, 2.05) is 29.5 Å². The minimum Gasteiger partial charge on any atom is -0.334 e. The molecular formula is C11H17ClN2OS. The third-order valence-corrected chi connectivity index (χ3v) is 3.67. The van der Waals surface area contributed by atoms with Gasteiger partial charge in [-0.25, -0.2) is 0 Å². The molecular weight excluding hydrogens is 244 g/mol. The summed E-state index contributed by atoms with van der Waals surface area (Å²) in [5.41, 5.74) is 0. The molecule has 0 radical (unpaired) electrons. The average Bonchev–Trinajstić information content (AvgIpc) is 2.87. The van der Waals surface area contributed by atoms with Gasteiger partial charge in [-0.1, -0.05) is 6.07 Å². The van der Waals surface area contributed by atoms with Crippen LogP contribution in [0.3, 0.4) is 0 Å². The number of carbonyl (C=O) groups is 1. The predicted molar refractivity (Wildman–Crippen MR) is 69.6 cm³/mol. The second kappa shape index (κ2) is 6.23. The van der Waals surface area contributed by atoms with Crippen LogP contribution < -0.4 is 5.32 Å². The maximum absolute atomic E-state index is 12.1. The molecule has 1 fully saturated rings. The summed E-state index contributed by atoms with van der Waals surface area (Å²) in [7, 11) is 1.94. The Morgan fingerprint density at radius 2 is 2.50 bits per heavy atom. The van der Waals surface area contributed by atoms with E-state index in [-0.39, 0.29) is 18.3 Å². The van der Waals surface area contributed by atoms with Crippen LogP contribution in [0.25, 0.3) is 0 Å². The number of amides is 1. The first-order valence-electron chi connectivity index (χ1n) is 5.32. The first kappa shape index (κ1) is 13.5. The Hall–Kier alpha value is -0.580. The molecule has 90 valence electrons. The third kappa shape index (κ3) is 2.75. The van der Waals surface area contributed by atoms with Gasteiger partial charge in [-0.05, 0) is 31.3 Å². The number of likely N-dealkylation sites (tertiary alicyclic amines) is 1. The Kier molecular flexibility index (Phi) is 5.25. The molecule has 0 saturated carbocycles. The maximum atomic E-state index is 12.1. The molecule has 3 nitrogen and oxygen atoms in total. The minimum absolute atomic E-state index is 0. The van der Waals surface area contributed by atoms with Crippen molar-refractivity contribution in [1.82, 2.24) is 10.2 Å². The molecule has 0 bridgehead atoms. The lowest BCUT2D eigenvalue weighted by molar-refractivity contribution is 0.0742. The molecule has 16 heavy (non-hydrogen) atoms. The molecule has 1 N–H and O–H groups in total. The molecule has 1 aromatic heterocycles. The summed E-state index contributed by atoms with van der Waals surface area (Å²) in [5.74, 6) is 0.197. The fourth-order valence-electron chi connectivity index (χ4n) is 2.09. The van der Waals surface area contributed by atoms with Gasteiger partial charge in [0.2, 0.25) is 0 Å². The number of carbonyl (C=O) groups excluding carboxylic acids is 1. The van der Waals surface area contributed by atoms with Crippen molar-refractivity contribution in [2.24, 2.45) is 0 Å². The fraction of sp³-hybridized carbons (Fsp3) is 0.545. The van der Waals surface area contributed by atoms with Crippen LogP contribution in [0.1, 0.15) is 22.5 Å². The molecule has 2 rings (SSSR count). The molecule has 0 spiro atoms. The number of hydrogen-bond acceptors (Lipinski definition) is 3. The molecule has 1 saturated heterocycles. The van der Waals surface area contributed by atoms with Gasteiger partial charge in [0.05, 0.1) is 4.88 Å². The fourth-order valence-corrected chi connectivity index (χ4v) is 2.77. The van der Waals surface area contributed by atoms with Crippen molar-refractivity contribution < 1.29 is 4.79 Å². The molecule has 1 unspecified atom stereocenters. The lowest BCUT2D eigenvalue weighted by Gasteiger charge is -2.23. The zero-order valence-corrected chi connectivity index (χ0v) is 10.9. The Labute approximate surface area is 106 Å². The van der Waals surface area contributed by atoms with Crippen molar-refractivity contribution in [2.75, 3.05) is 20.1 Å². The summed E-state index contributed by atoms with van der Waals surface area (Å²) in [4.78, 5) is 15.0. The number of thiophene rings is 1. The van der Waals surface area contributed by atoms with Gasteiger partial charge in [0.1, 0.15) is 0 Å². The first-order valence-corrected chi connectivity index (χ1v) is 6.20. The number of nitrogens with one attached hydrogen (secondary N) is 1. The maximum Gasteiger partial charge on any atom is 0.264 e. The topological polar surface area (TPSA) is 32.3 Å². The first-order chi connectivity index (χ1) is 7.33. The van der Waals surface area contributed by atoms with E-state index in [2.05, 4.69) is 5.32 Å². The van der Waals surface area contributed by atoms with Gasteiger partial charge >= 0.3 is 0 Å². The van der Waals surface area contributed by atoms with Crippen LogP contribution in [0.5, 0.6) is 0 Å². The molecule has 1 atom stereocenters. The SMILES string of the molecule is CNCC1CCCN1C(=O)c1cccs1.Cl. The highest BCUT2D eigenvalue weighted by atomic mass is 35.5. The van der Waals surface area contributed by atoms with Gasteiger partial charge in [-0.15, -0.1) is 23.7 Å². The monoisotopic (exact) mass is 260 g/mol. The second-order valence-electron chi connectivity index (χ2n) is 3.83. The van der Waals surface area contributed by atoms with Gasteiger partial charge < -0.3 is 10.2 Å². The largest absolute Gasteiger partial charge is 0.334 e. The van der Waals surface area contributed by atoms with Gasteiger partial charge in [-0.3, -0.25) is 4.79 Å². The summed E-state index contributed by atoms with van der Waals surface area (Å²) >= 11 is 1.53. The van der Waals surface area contributed by atoms with Crippen molar-refractivity contribution >= 4 is 29.7 Å². The van der Waals surface area contributed by atoms with Gasteiger partial charge in [0, 0.05) is 19.1 Å². The zero-order chi connectivity index (χ0) is 10.7. The van der Waals surface area contributed by atoms with E-state index < -0.39 is 0 Å². The summed E-state index contributed by atoms with van der Waals surface area (Å²) in [6, 6.07) is 4.22. The summed E-state index contributed by atoms with van der Waals surface area (Å²) < 4.78 is 0. The molecule has 1 amide bonds. The van der Waals surface area contributed by atoms with E-state index in [4.69, 9.17) is 0 Å². The van der Waals surface area contributed by atoms with Crippen LogP contribution in [0.4, 0.5) is 0 Å².